The Morgan fingerprint density at radius 3 is 2.77 bits per heavy atom. The van der Waals surface area contributed by atoms with E-state index in [2.05, 4.69) is 28.0 Å². The average Bonchev–Trinajstić information content (AvgIpc) is 2.78. The Balaban J connectivity index is 1.25. The molecular weight excluding hydrogens is 384 g/mol. The van der Waals surface area contributed by atoms with E-state index in [1.165, 1.54) is 50.8 Å². The van der Waals surface area contributed by atoms with E-state index in [0.29, 0.717) is 24.3 Å². The van der Waals surface area contributed by atoms with Gasteiger partial charge in [0.05, 0.1) is 12.1 Å². The lowest BCUT2D eigenvalue weighted by atomic mass is 9.68. The molecule has 3 heterocycles. The van der Waals surface area contributed by atoms with E-state index in [-0.39, 0.29) is 6.10 Å². The van der Waals surface area contributed by atoms with Crippen molar-refractivity contribution < 1.29 is 9.53 Å². The van der Waals surface area contributed by atoms with Crippen LogP contribution in [0, 0.1) is 11.8 Å². The van der Waals surface area contributed by atoms with Crippen LogP contribution < -0.4 is 4.74 Å². The van der Waals surface area contributed by atoms with E-state index in [0.717, 1.165) is 37.1 Å². The molecule has 1 aromatic rings. The predicted molar refractivity (Wildman–Crippen MR) is 124 cm³/mol. The third-order valence-electron chi connectivity index (χ3n) is 7.90. The van der Waals surface area contributed by atoms with Gasteiger partial charge in [-0.15, -0.1) is 0 Å². The Kier molecular flexibility index (Phi) is 6.10. The average molecular weight is 423 g/mol. The minimum atomic E-state index is 0.184. The Hall–Kier alpha value is -1.81. The zero-order chi connectivity index (χ0) is 21.4. The van der Waals surface area contributed by atoms with Gasteiger partial charge in [0.25, 0.3) is 0 Å². The largest absolute Gasteiger partial charge is 0.491 e. The number of hydrogen-bond acceptors (Lipinski definition) is 3. The van der Waals surface area contributed by atoms with Gasteiger partial charge < -0.3 is 9.64 Å². The summed E-state index contributed by atoms with van der Waals surface area (Å²) in [6.07, 6.45) is 11.9. The normalized spacial score (nSPS) is 30.4. The van der Waals surface area contributed by atoms with Crippen LogP contribution in [-0.2, 0) is 11.2 Å². The molecule has 2 bridgehead atoms. The van der Waals surface area contributed by atoms with Gasteiger partial charge >= 0.3 is 0 Å². The molecule has 3 saturated heterocycles. The molecule has 5 rings (SSSR count). The quantitative estimate of drug-likeness (QED) is 0.637. The Morgan fingerprint density at radius 2 is 1.97 bits per heavy atom. The van der Waals surface area contributed by atoms with Crippen LogP contribution in [0.15, 0.2) is 35.9 Å². The van der Waals surface area contributed by atoms with Gasteiger partial charge in [0, 0.05) is 25.6 Å². The number of rotatable bonds is 5. The minimum absolute atomic E-state index is 0.184. The maximum atomic E-state index is 13.3. The minimum Gasteiger partial charge on any atom is -0.491 e. The SMILES string of the molecule is CC(C)Oc1ccc(CCC(=O)N2CCCC3=C[C@H]4C[C@@H](CN5CCCCC45)C32)cc1. The molecule has 1 amide bonds. The molecule has 4 nitrogen and oxygen atoms in total. The van der Waals surface area contributed by atoms with Crippen molar-refractivity contribution in [2.45, 2.75) is 83.4 Å². The zero-order valence-corrected chi connectivity index (χ0v) is 19.3. The van der Waals surface area contributed by atoms with Crippen molar-refractivity contribution in [3.63, 3.8) is 0 Å². The van der Waals surface area contributed by atoms with Crippen LogP contribution in [0.3, 0.4) is 0 Å². The topological polar surface area (TPSA) is 32.8 Å². The maximum Gasteiger partial charge on any atom is 0.223 e. The first-order valence-corrected chi connectivity index (χ1v) is 12.6. The highest BCUT2D eigenvalue weighted by molar-refractivity contribution is 5.77. The van der Waals surface area contributed by atoms with E-state index in [9.17, 15) is 4.79 Å². The highest BCUT2D eigenvalue weighted by Crippen LogP contribution is 2.45. The van der Waals surface area contributed by atoms with Crippen molar-refractivity contribution in [1.29, 1.82) is 0 Å². The van der Waals surface area contributed by atoms with E-state index in [1.807, 2.05) is 26.0 Å². The molecule has 1 aromatic carbocycles. The van der Waals surface area contributed by atoms with Gasteiger partial charge in [-0.25, -0.2) is 0 Å². The molecule has 3 aliphatic heterocycles. The van der Waals surface area contributed by atoms with Crippen molar-refractivity contribution in [1.82, 2.24) is 9.80 Å². The molecule has 168 valence electrons. The van der Waals surface area contributed by atoms with Gasteiger partial charge in [0.1, 0.15) is 5.75 Å². The summed E-state index contributed by atoms with van der Waals surface area (Å²) in [6, 6.07) is 9.40. The summed E-state index contributed by atoms with van der Waals surface area (Å²) >= 11 is 0. The number of ether oxygens (including phenoxy) is 1. The van der Waals surface area contributed by atoms with E-state index < -0.39 is 0 Å². The van der Waals surface area contributed by atoms with Gasteiger partial charge in [-0.1, -0.05) is 30.2 Å². The van der Waals surface area contributed by atoms with E-state index in [4.69, 9.17) is 4.74 Å². The lowest BCUT2D eigenvalue weighted by molar-refractivity contribution is -0.136. The van der Waals surface area contributed by atoms with Crippen molar-refractivity contribution in [2.75, 3.05) is 19.6 Å². The Morgan fingerprint density at radius 1 is 1.13 bits per heavy atom. The number of carbonyl (C=O) groups excluding carboxylic acids is 1. The summed E-state index contributed by atoms with van der Waals surface area (Å²) in [7, 11) is 0. The molecular formula is C27H38N2O2. The van der Waals surface area contributed by atoms with Crippen molar-refractivity contribution in [3.05, 3.63) is 41.5 Å². The highest BCUT2D eigenvalue weighted by atomic mass is 16.5. The second kappa shape index (κ2) is 8.97. The molecule has 31 heavy (non-hydrogen) atoms. The van der Waals surface area contributed by atoms with Crippen LogP contribution >= 0.6 is 0 Å². The van der Waals surface area contributed by atoms with Gasteiger partial charge in [-0.3, -0.25) is 9.69 Å². The summed E-state index contributed by atoms with van der Waals surface area (Å²) in [6.45, 7) is 7.48. The zero-order valence-electron chi connectivity index (χ0n) is 19.3. The predicted octanol–water partition coefficient (Wildman–Crippen LogP) is 4.83. The van der Waals surface area contributed by atoms with Gasteiger partial charge in [-0.05, 0) is 88.4 Å². The molecule has 0 radical (unpaired) electrons. The number of carbonyl (C=O) groups is 1. The number of nitrogens with zero attached hydrogens (tertiary/aromatic N) is 2. The summed E-state index contributed by atoms with van der Waals surface area (Å²) in [5.41, 5.74) is 2.80. The molecule has 4 atom stereocenters. The van der Waals surface area contributed by atoms with E-state index >= 15 is 0 Å². The van der Waals surface area contributed by atoms with E-state index in [1.54, 1.807) is 5.57 Å². The summed E-state index contributed by atoms with van der Waals surface area (Å²) in [4.78, 5) is 18.4. The van der Waals surface area contributed by atoms with Crippen molar-refractivity contribution in [2.24, 2.45) is 11.8 Å². The van der Waals surface area contributed by atoms with Crippen LogP contribution in [0.5, 0.6) is 5.75 Å². The molecule has 0 spiro atoms. The lowest BCUT2D eigenvalue weighted by Crippen LogP contribution is -2.60. The van der Waals surface area contributed by atoms with Gasteiger partial charge in [0.2, 0.25) is 5.91 Å². The molecule has 4 aliphatic rings. The smallest absolute Gasteiger partial charge is 0.223 e. The highest BCUT2D eigenvalue weighted by Gasteiger charge is 2.46. The van der Waals surface area contributed by atoms with Crippen LogP contribution in [-0.4, -0.2) is 53.5 Å². The lowest BCUT2D eigenvalue weighted by Gasteiger charge is -2.54. The first-order valence-electron chi connectivity index (χ1n) is 12.6. The first kappa shape index (κ1) is 21.1. The number of piperidine rings is 3. The number of likely N-dealkylation sites (tertiary alicyclic amines) is 1. The monoisotopic (exact) mass is 422 g/mol. The second-order valence-corrected chi connectivity index (χ2v) is 10.4. The molecule has 0 aromatic heterocycles. The van der Waals surface area contributed by atoms with Crippen LogP contribution in [0.4, 0.5) is 0 Å². The number of fused-ring (bicyclic) bond motifs is 6. The van der Waals surface area contributed by atoms with Crippen LogP contribution in [0.1, 0.15) is 64.4 Å². The first-order chi connectivity index (χ1) is 15.1. The molecule has 0 saturated carbocycles. The molecule has 2 unspecified atom stereocenters. The third kappa shape index (κ3) is 4.41. The maximum absolute atomic E-state index is 13.3. The van der Waals surface area contributed by atoms with Crippen LogP contribution in [0.2, 0.25) is 0 Å². The summed E-state index contributed by atoms with van der Waals surface area (Å²) < 4.78 is 5.74. The Bertz CT molecular complexity index is 815. The number of hydrogen-bond donors (Lipinski definition) is 0. The fourth-order valence-corrected chi connectivity index (χ4v) is 6.65. The molecule has 1 aliphatic carbocycles. The summed E-state index contributed by atoms with van der Waals surface area (Å²) in [5.74, 6) is 2.61. The number of aryl methyl sites for hydroxylation is 1. The standard InChI is InChI=1S/C27H38N2O2/c1-19(2)31-24-11-8-20(9-12-24)10-13-26(30)29-15-5-6-21-16-22-17-23(27(21)29)18-28-14-4-3-7-25(22)28/h8-9,11-12,16,19,22-23,25,27H,3-7,10,13-15,17-18H2,1-2H3/t22-,23-,25?,27?/m0/s1. The summed E-state index contributed by atoms with van der Waals surface area (Å²) in [5, 5.41) is 0. The molecule has 4 heteroatoms. The third-order valence-corrected chi connectivity index (χ3v) is 7.90. The van der Waals surface area contributed by atoms with Crippen molar-refractivity contribution >= 4 is 5.91 Å². The fourth-order valence-electron chi connectivity index (χ4n) is 6.65. The van der Waals surface area contributed by atoms with Gasteiger partial charge in [-0.2, -0.15) is 0 Å². The second-order valence-electron chi connectivity index (χ2n) is 10.4. The fraction of sp³-hybridized carbons (Fsp3) is 0.667. The number of benzene rings is 1. The van der Waals surface area contributed by atoms with Gasteiger partial charge in [0.15, 0.2) is 0 Å². The number of amides is 1. The molecule has 3 fully saturated rings. The molecule has 0 N–H and O–H groups in total. The van der Waals surface area contributed by atoms with Crippen LogP contribution in [0.25, 0.3) is 0 Å². The van der Waals surface area contributed by atoms with Crippen molar-refractivity contribution in [3.8, 4) is 5.75 Å². The Labute approximate surface area is 187 Å².